The van der Waals surface area contributed by atoms with Gasteiger partial charge in [-0.25, -0.2) is 4.98 Å². The summed E-state index contributed by atoms with van der Waals surface area (Å²) < 4.78 is 0. The average molecular weight is 267 g/mol. The molecule has 5 heteroatoms. The van der Waals surface area contributed by atoms with Crippen molar-refractivity contribution in [2.45, 2.75) is 32.7 Å². The molecular weight excluding hydrogens is 248 g/mol. The highest BCUT2D eigenvalue weighted by Gasteiger charge is 2.32. The van der Waals surface area contributed by atoms with Gasteiger partial charge in [0.15, 0.2) is 0 Å². The number of rotatable bonds is 5. The van der Waals surface area contributed by atoms with Crippen molar-refractivity contribution in [1.82, 2.24) is 4.98 Å². The highest BCUT2D eigenvalue weighted by atomic mass is 35.5. The van der Waals surface area contributed by atoms with Crippen LogP contribution in [0.15, 0.2) is 12.3 Å². The zero-order valence-corrected chi connectivity index (χ0v) is 11.5. The molecule has 1 aromatic heterocycles. The number of nitrogens with zero attached hydrogens (tertiary/aromatic N) is 2. The summed E-state index contributed by atoms with van der Waals surface area (Å²) in [6, 6.07) is 2.23. The molecule has 2 rings (SSSR count). The molecule has 0 atom stereocenters. The zero-order chi connectivity index (χ0) is 13.3. The minimum Gasteiger partial charge on any atom is -0.384 e. The Morgan fingerprint density at radius 1 is 1.61 bits per heavy atom. The van der Waals surface area contributed by atoms with E-state index in [-0.39, 0.29) is 5.84 Å². The lowest BCUT2D eigenvalue weighted by Crippen LogP contribution is -2.31. The number of hydrogen-bond acceptors (Lipinski definition) is 3. The molecule has 3 N–H and O–H groups in total. The van der Waals surface area contributed by atoms with Gasteiger partial charge < -0.3 is 10.6 Å². The van der Waals surface area contributed by atoms with E-state index in [2.05, 4.69) is 23.7 Å². The monoisotopic (exact) mass is 266 g/mol. The van der Waals surface area contributed by atoms with Gasteiger partial charge in [-0.2, -0.15) is 0 Å². The van der Waals surface area contributed by atoms with E-state index in [0.29, 0.717) is 22.5 Å². The second kappa shape index (κ2) is 5.14. The molecule has 0 saturated heterocycles. The van der Waals surface area contributed by atoms with Crippen molar-refractivity contribution in [1.29, 1.82) is 5.41 Å². The Hall–Kier alpha value is -1.29. The molecule has 0 bridgehead atoms. The van der Waals surface area contributed by atoms with E-state index in [1.165, 1.54) is 12.8 Å². The van der Waals surface area contributed by atoms with Crippen molar-refractivity contribution in [3.05, 3.63) is 22.8 Å². The van der Waals surface area contributed by atoms with Gasteiger partial charge in [-0.3, -0.25) is 5.41 Å². The Morgan fingerprint density at radius 3 is 2.78 bits per heavy atom. The minimum absolute atomic E-state index is 0.0102. The number of nitrogens with one attached hydrogen (secondary N) is 1. The van der Waals surface area contributed by atoms with Crippen molar-refractivity contribution in [3.63, 3.8) is 0 Å². The third kappa shape index (κ3) is 2.75. The third-order valence-corrected chi connectivity index (χ3v) is 3.36. The molecule has 1 aromatic rings. The van der Waals surface area contributed by atoms with Crippen LogP contribution in [0.5, 0.6) is 0 Å². The van der Waals surface area contributed by atoms with Crippen LogP contribution < -0.4 is 10.6 Å². The minimum atomic E-state index is -0.0102. The first-order chi connectivity index (χ1) is 8.50. The van der Waals surface area contributed by atoms with Gasteiger partial charge in [0.05, 0.1) is 5.02 Å². The molecule has 1 aliphatic carbocycles. The Morgan fingerprint density at radius 2 is 2.28 bits per heavy atom. The first-order valence-electron chi connectivity index (χ1n) is 6.26. The van der Waals surface area contributed by atoms with Gasteiger partial charge in [0.1, 0.15) is 11.7 Å². The summed E-state index contributed by atoms with van der Waals surface area (Å²) in [4.78, 5) is 6.63. The van der Waals surface area contributed by atoms with E-state index in [0.717, 1.165) is 12.4 Å². The SMILES string of the molecule is CC(C)CN(c1nccc(C(=N)N)c1Cl)C1CC1. The predicted octanol–water partition coefficient (Wildman–Crippen LogP) is 2.64. The quantitative estimate of drug-likeness (QED) is 0.636. The van der Waals surface area contributed by atoms with Gasteiger partial charge in [0.2, 0.25) is 0 Å². The van der Waals surface area contributed by atoms with Crippen LogP contribution in [0.3, 0.4) is 0 Å². The Bertz CT molecular complexity index is 454. The van der Waals surface area contributed by atoms with E-state index >= 15 is 0 Å². The van der Waals surface area contributed by atoms with E-state index in [1.807, 2.05) is 0 Å². The van der Waals surface area contributed by atoms with Crippen LogP contribution in [0.4, 0.5) is 5.82 Å². The van der Waals surface area contributed by atoms with Gasteiger partial charge in [-0.1, -0.05) is 25.4 Å². The van der Waals surface area contributed by atoms with E-state index in [9.17, 15) is 0 Å². The van der Waals surface area contributed by atoms with Gasteiger partial charge in [-0.05, 0) is 24.8 Å². The smallest absolute Gasteiger partial charge is 0.148 e. The molecule has 18 heavy (non-hydrogen) atoms. The van der Waals surface area contributed by atoms with Crippen molar-refractivity contribution in [3.8, 4) is 0 Å². The molecule has 0 radical (unpaired) electrons. The maximum absolute atomic E-state index is 7.53. The molecule has 0 aromatic carbocycles. The molecular formula is C13H19ClN4. The van der Waals surface area contributed by atoms with E-state index in [1.54, 1.807) is 12.3 Å². The van der Waals surface area contributed by atoms with Crippen LogP contribution in [0.2, 0.25) is 5.02 Å². The summed E-state index contributed by atoms with van der Waals surface area (Å²) in [7, 11) is 0. The first-order valence-corrected chi connectivity index (χ1v) is 6.64. The lowest BCUT2D eigenvalue weighted by molar-refractivity contribution is 0.603. The molecule has 1 aliphatic rings. The maximum atomic E-state index is 7.53. The fraction of sp³-hybridized carbons (Fsp3) is 0.538. The third-order valence-electron chi connectivity index (χ3n) is 2.98. The van der Waals surface area contributed by atoms with Gasteiger partial charge in [0, 0.05) is 24.3 Å². The zero-order valence-electron chi connectivity index (χ0n) is 10.8. The van der Waals surface area contributed by atoms with E-state index in [4.69, 9.17) is 22.7 Å². The van der Waals surface area contributed by atoms with Crippen LogP contribution in [0.25, 0.3) is 0 Å². The normalized spacial score (nSPS) is 14.9. The van der Waals surface area contributed by atoms with Crippen LogP contribution in [0, 0.1) is 11.3 Å². The summed E-state index contributed by atoms with van der Waals surface area (Å²) in [5.41, 5.74) is 6.09. The lowest BCUT2D eigenvalue weighted by atomic mass is 10.2. The summed E-state index contributed by atoms with van der Waals surface area (Å²) >= 11 is 6.33. The van der Waals surface area contributed by atoms with Crippen LogP contribution >= 0.6 is 11.6 Å². The highest BCUT2D eigenvalue weighted by molar-refractivity contribution is 6.36. The van der Waals surface area contributed by atoms with Crippen molar-refractivity contribution >= 4 is 23.3 Å². The van der Waals surface area contributed by atoms with Crippen molar-refractivity contribution in [2.24, 2.45) is 11.7 Å². The molecule has 0 unspecified atom stereocenters. The number of aromatic nitrogens is 1. The van der Waals surface area contributed by atoms with Crippen LogP contribution in [0.1, 0.15) is 32.3 Å². The first kappa shape index (κ1) is 13.1. The molecule has 1 fully saturated rings. The largest absolute Gasteiger partial charge is 0.384 e. The number of anilines is 1. The second-order valence-corrected chi connectivity index (χ2v) is 5.57. The molecule has 1 heterocycles. The summed E-state index contributed by atoms with van der Waals surface area (Å²) in [6.07, 6.45) is 4.05. The standard InChI is InChI=1S/C13H19ClN4/c1-8(2)7-18(9-3-4-9)13-11(14)10(12(15)16)5-6-17-13/h5-6,8-9H,3-4,7H2,1-2H3,(H3,15,16). The highest BCUT2D eigenvalue weighted by Crippen LogP contribution is 2.36. The fourth-order valence-electron chi connectivity index (χ4n) is 2.03. The Labute approximate surface area is 113 Å². The number of hydrogen-bond donors (Lipinski definition) is 2. The average Bonchev–Trinajstić information content (AvgIpc) is 3.09. The summed E-state index contributed by atoms with van der Waals surface area (Å²) in [5, 5.41) is 8.02. The number of nitrogens with two attached hydrogens (primary N) is 1. The second-order valence-electron chi connectivity index (χ2n) is 5.19. The van der Waals surface area contributed by atoms with Crippen molar-refractivity contribution in [2.75, 3.05) is 11.4 Å². The Balaban J connectivity index is 2.35. The molecule has 0 aliphatic heterocycles. The lowest BCUT2D eigenvalue weighted by Gasteiger charge is -2.26. The molecule has 98 valence electrons. The van der Waals surface area contributed by atoms with E-state index < -0.39 is 0 Å². The molecule has 4 nitrogen and oxygen atoms in total. The molecule has 0 amide bonds. The molecule has 1 saturated carbocycles. The predicted molar refractivity (Wildman–Crippen MR) is 75.5 cm³/mol. The number of halogens is 1. The maximum Gasteiger partial charge on any atom is 0.148 e. The van der Waals surface area contributed by atoms with Gasteiger partial charge in [0.25, 0.3) is 0 Å². The van der Waals surface area contributed by atoms with Gasteiger partial charge in [-0.15, -0.1) is 0 Å². The summed E-state index contributed by atoms with van der Waals surface area (Å²) in [6.45, 7) is 5.29. The number of nitrogen functional groups attached to an aromatic ring is 1. The van der Waals surface area contributed by atoms with Crippen molar-refractivity contribution < 1.29 is 0 Å². The number of amidine groups is 1. The fourth-order valence-corrected chi connectivity index (χ4v) is 2.35. The van der Waals surface area contributed by atoms with Crippen LogP contribution in [-0.4, -0.2) is 23.4 Å². The van der Waals surface area contributed by atoms with Gasteiger partial charge >= 0.3 is 0 Å². The van der Waals surface area contributed by atoms with Crippen LogP contribution in [-0.2, 0) is 0 Å². The topological polar surface area (TPSA) is 66.0 Å². The molecule has 0 spiro atoms. The number of pyridine rings is 1. The summed E-state index contributed by atoms with van der Waals surface area (Å²) in [5.74, 6) is 1.30. The Kier molecular flexibility index (Phi) is 3.76.